The number of rotatable bonds is 3. The van der Waals surface area contributed by atoms with Crippen molar-refractivity contribution in [2.24, 2.45) is 50.2 Å². The molecule has 5 heteroatoms. The summed E-state index contributed by atoms with van der Waals surface area (Å²) in [7, 11) is -0.368. The Morgan fingerprint density at radius 3 is 2.17 bits per heavy atom. The zero-order valence-corrected chi connectivity index (χ0v) is 30.5. The normalized spacial score (nSPS) is 46.3. The molecule has 0 aromatic rings. The van der Waals surface area contributed by atoms with Crippen molar-refractivity contribution in [1.29, 1.82) is 0 Å². The Kier molecular flexibility index (Phi) is 7.54. The number of ether oxygens (including phenoxy) is 1. The molecular weight excluding hydrogens is 536 g/mol. The van der Waals surface area contributed by atoms with Crippen molar-refractivity contribution in [3.63, 3.8) is 0 Å². The predicted molar refractivity (Wildman–Crippen MR) is 175 cm³/mol. The van der Waals surface area contributed by atoms with Crippen LogP contribution < -0.4 is 0 Å². The standard InChI is InChI=1S/C37H64O4Si/c1-31(2,3)42(12,13)41-29-17-18-34(8)26(33(29,6)7)16-19-35(9)27(34)15-14-24-25-22-32(4,5)20-21-37(25,30(39)40-11)28(38)23-36(24,35)10/h14,25-29,38H,15-23H2,1-13H3/t25-,26-,27+,28+,29-,34-,35+,36+,37+/m0/s1. The maximum atomic E-state index is 13.6. The second kappa shape index (κ2) is 9.68. The zero-order chi connectivity index (χ0) is 31.5. The van der Waals surface area contributed by atoms with Crippen molar-refractivity contribution in [2.75, 3.05) is 7.11 Å². The molecule has 42 heavy (non-hydrogen) atoms. The number of aliphatic hydroxyl groups is 1. The lowest BCUT2D eigenvalue weighted by molar-refractivity contribution is -0.218. The minimum Gasteiger partial charge on any atom is -0.468 e. The van der Waals surface area contributed by atoms with Crippen molar-refractivity contribution in [3.8, 4) is 0 Å². The van der Waals surface area contributed by atoms with Crippen molar-refractivity contribution in [2.45, 2.75) is 157 Å². The first-order valence-corrected chi connectivity index (χ1v) is 20.1. The highest BCUT2D eigenvalue weighted by Gasteiger charge is 2.71. The average Bonchev–Trinajstić information content (AvgIpc) is 2.85. The van der Waals surface area contributed by atoms with Crippen LogP contribution in [0, 0.1) is 50.2 Å². The highest BCUT2D eigenvalue weighted by atomic mass is 28.4. The number of allylic oxidation sites excluding steroid dienone is 2. The summed E-state index contributed by atoms with van der Waals surface area (Å²) >= 11 is 0. The van der Waals surface area contributed by atoms with Crippen LogP contribution in [0.5, 0.6) is 0 Å². The first-order valence-electron chi connectivity index (χ1n) is 17.2. The van der Waals surface area contributed by atoms with Crippen LogP contribution in [0.15, 0.2) is 11.6 Å². The molecular formula is C37H64O4Si. The first kappa shape index (κ1) is 32.7. The number of hydrogen-bond donors (Lipinski definition) is 1. The van der Waals surface area contributed by atoms with Gasteiger partial charge in [-0.2, -0.15) is 0 Å². The van der Waals surface area contributed by atoms with Gasteiger partial charge in [-0.3, -0.25) is 4.79 Å². The third-order valence-electron chi connectivity index (χ3n) is 15.4. The van der Waals surface area contributed by atoms with Gasteiger partial charge in [-0.1, -0.05) is 80.9 Å². The number of hydrogen-bond acceptors (Lipinski definition) is 4. The monoisotopic (exact) mass is 600 g/mol. The van der Waals surface area contributed by atoms with Crippen molar-refractivity contribution in [1.82, 2.24) is 0 Å². The molecule has 4 saturated carbocycles. The summed E-state index contributed by atoms with van der Waals surface area (Å²) in [6, 6.07) is 0. The van der Waals surface area contributed by atoms with Crippen LogP contribution in [0.3, 0.4) is 0 Å². The number of fused-ring (bicyclic) bond motifs is 7. The van der Waals surface area contributed by atoms with E-state index in [0.29, 0.717) is 24.4 Å². The summed E-state index contributed by atoms with van der Waals surface area (Å²) < 4.78 is 12.7. The molecule has 0 heterocycles. The lowest BCUT2D eigenvalue weighted by atomic mass is 9.33. The largest absolute Gasteiger partial charge is 0.468 e. The number of aliphatic hydroxyl groups excluding tert-OH is 1. The van der Waals surface area contributed by atoms with E-state index in [0.717, 1.165) is 32.1 Å². The SMILES string of the molecule is COC(=O)[C@]12CCC(C)(C)C[C@H]1C1=CC[C@@H]3[C@@]4(C)CC[C@H](O[Si](C)(C)C(C)(C)C)C(C)(C)[C@@H]4CC[C@@]3(C)[C@]1(C)C[C@H]2O. The molecule has 4 nitrogen and oxygen atoms in total. The topological polar surface area (TPSA) is 55.8 Å². The number of carbonyl (C=O) groups is 1. The van der Waals surface area contributed by atoms with E-state index in [-0.39, 0.29) is 44.0 Å². The highest BCUT2D eigenvalue weighted by Crippen LogP contribution is 2.76. The lowest BCUT2D eigenvalue weighted by Crippen LogP contribution is -2.68. The van der Waals surface area contributed by atoms with Crippen molar-refractivity contribution < 1.29 is 19.1 Å². The fourth-order valence-electron chi connectivity index (χ4n) is 11.6. The van der Waals surface area contributed by atoms with Gasteiger partial charge in [0.15, 0.2) is 8.32 Å². The van der Waals surface area contributed by atoms with E-state index in [1.807, 2.05) is 0 Å². The van der Waals surface area contributed by atoms with Crippen molar-refractivity contribution in [3.05, 3.63) is 11.6 Å². The molecule has 0 aromatic heterocycles. The molecule has 0 saturated heterocycles. The number of carbonyl (C=O) groups excluding carboxylic acids is 1. The summed E-state index contributed by atoms with van der Waals surface area (Å²) in [5, 5.41) is 12.3. The molecule has 4 fully saturated rings. The maximum Gasteiger partial charge on any atom is 0.315 e. The van der Waals surface area contributed by atoms with Gasteiger partial charge in [0.25, 0.3) is 0 Å². The predicted octanol–water partition coefficient (Wildman–Crippen LogP) is 9.32. The van der Waals surface area contributed by atoms with Gasteiger partial charge in [-0.05, 0) is 121 Å². The van der Waals surface area contributed by atoms with Gasteiger partial charge < -0.3 is 14.3 Å². The van der Waals surface area contributed by atoms with Crippen LogP contribution in [0.2, 0.25) is 18.1 Å². The van der Waals surface area contributed by atoms with E-state index >= 15 is 0 Å². The Hall–Kier alpha value is -0.653. The van der Waals surface area contributed by atoms with E-state index in [1.54, 1.807) is 0 Å². The third kappa shape index (κ3) is 4.27. The number of esters is 1. The Morgan fingerprint density at radius 1 is 0.929 bits per heavy atom. The second-order valence-corrected chi connectivity index (χ2v) is 24.0. The zero-order valence-electron chi connectivity index (χ0n) is 29.5. The molecule has 5 aliphatic carbocycles. The highest BCUT2D eigenvalue weighted by molar-refractivity contribution is 6.74. The molecule has 0 unspecified atom stereocenters. The quantitative estimate of drug-likeness (QED) is 0.199. The molecule has 0 amide bonds. The molecule has 0 spiro atoms. The van der Waals surface area contributed by atoms with E-state index in [1.165, 1.54) is 31.9 Å². The smallest absolute Gasteiger partial charge is 0.315 e. The van der Waals surface area contributed by atoms with Gasteiger partial charge in [-0.25, -0.2) is 0 Å². The van der Waals surface area contributed by atoms with Gasteiger partial charge in [-0.15, -0.1) is 0 Å². The summed E-state index contributed by atoms with van der Waals surface area (Å²) in [5.41, 5.74) is 1.11. The van der Waals surface area contributed by atoms with E-state index < -0.39 is 19.8 Å². The summed E-state index contributed by atoms with van der Waals surface area (Å²) in [6.45, 7) is 29.3. The third-order valence-corrected chi connectivity index (χ3v) is 19.9. The van der Waals surface area contributed by atoms with Gasteiger partial charge in [0, 0.05) is 0 Å². The molecule has 5 rings (SSSR count). The Morgan fingerprint density at radius 2 is 1.57 bits per heavy atom. The van der Waals surface area contributed by atoms with Gasteiger partial charge >= 0.3 is 5.97 Å². The first-order chi connectivity index (χ1) is 19.0. The van der Waals surface area contributed by atoms with Crippen LogP contribution in [0.4, 0.5) is 0 Å². The fourth-order valence-corrected chi connectivity index (χ4v) is 13.1. The lowest BCUT2D eigenvalue weighted by Gasteiger charge is -2.72. The minimum atomic E-state index is -1.88. The Labute approximate surface area is 259 Å². The van der Waals surface area contributed by atoms with Gasteiger partial charge in [0.1, 0.15) is 5.41 Å². The fraction of sp³-hybridized carbons (Fsp3) is 0.919. The van der Waals surface area contributed by atoms with Crippen LogP contribution in [0.25, 0.3) is 0 Å². The summed E-state index contributed by atoms with van der Waals surface area (Å²) in [5.74, 6) is 1.03. The molecule has 0 radical (unpaired) electrons. The molecule has 5 aliphatic rings. The maximum absolute atomic E-state index is 13.6. The molecule has 0 bridgehead atoms. The molecule has 0 aromatic carbocycles. The summed E-state index contributed by atoms with van der Waals surface area (Å²) in [4.78, 5) is 13.6. The van der Waals surface area contributed by atoms with Crippen molar-refractivity contribution >= 4 is 14.3 Å². The molecule has 240 valence electrons. The van der Waals surface area contributed by atoms with Gasteiger partial charge in [0.2, 0.25) is 0 Å². The van der Waals surface area contributed by atoms with Crippen LogP contribution in [-0.2, 0) is 14.0 Å². The van der Waals surface area contributed by atoms with Crippen LogP contribution >= 0.6 is 0 Å². The Bertz CT molecular complexity index is 1130. The van der Waals surface area contributed by atoms with Crippen LogP contribution in [0.1, 0.15) is 127 Å². The molecule has 1 N–H and O–H groups in total. The Balaban J connectivity index is 1.54. The molecule has 9 atom stereocenters. The minimum absolute atomic E-state index is 0.0518. The van der Waals surface area contributed by atoms with Gasteiger partial charge in [0.05, 0.1) is 19.3 Å². The molecule has 0 aliphatic heterocycles. The van der Waals surface area contributed by atoms with E-state index in [4.69, 9.17) is 9.16 Å². The average molecular weight is 601 g/mol. The van der Waals surface area contributed by atoms with Crippen LogP contribution in [-0.4, -0.2) is 38.7 Å². The van der Waals surface area contributed by atoms with E-state index in [2.05, 4.69) is 88.4 Å². The number of methoxy groups -OCH3 is 1. The van der Waals surface area contributed by atoms with E-state index in [9.17, 15) is 9.90 Å². The second-order valence-electron chi connectivity index (χ2n) is 19.2. The summed E-state index contributed by atoms with van der Waals surface area (Å²) in [6.07, 6.45) is 11.3.